The van der Waals surface area contributed by atoms with Crippen LogP contribution in [-0.4, -0.2) is 30.3 Å². The van der Waals surface area contributed by atoms with Crippen molar-refractivity contribution in [1.29, 1.82) is 0 Å². The maximum atomic E-state index is 11.9. The highest BCUT2D eigenvalue weighted by Gasteiger charge is 2.26. The van der Waals surface area contributed by atoms with Gasteiger partial charge in [-0.05, 0) is 30.9 Å². The first-order valence-corrected chi connectivity index (χ1v) is 7.57. The summed E-state index contributed by atoms with van der Waals surface area (Å²) < 4.78 is 40.5. The third-order valence-electron chi connectivity index (χ3n) is 2.57. The van der Waals surface area contributed by atoms with Gasteiger partial charge in [0, 0.05) is 6.42 Å². The number of ether oxygens (including phenoxy) is 1. The van der Waals surface area contributed by atoms with E-state index in [1.54, 1.807) is 0 Å². The molecule has 0 amide bonds. The molecule has 6 heteroatoms. The zero-order chi connectivity index (χ0) is 14.9. The molecule has 0 spiro atoms. The molecule has 1 atom stereocenters. The quantitative estimate of drug-likeness (QED) is 0.465. The van der Waals surface area contributed by atoms with Crippen molar-refractivity contribution in [3.63, 3.8) is 0 Å². The Bertz CT molecular complexity index is 255. The number of thioether (sulfide) groups is 1. The van der Waals surface area contributed by atoms with Gasteiger partial charge in [-0.15, -0.1) is 11.8 Å². The van der Waals surface area contributed by atoms with Crippen molar-refractivity contribution in [2.24, 2.45) is 5.92 Å². The summed E-state index contributed by atoms with van der Waals surface area (Å²) in [5, 5.41) is -0.201. The lowest BCUT2D eigenvalue weighted by molar-refractivity contribution is -0.140. The zero-order valence-electron chi connectivity index (χ0n) is 11.8. The van der Waals surface area contributed by atoms with E-state index in [2.05, 4.69) is 0 Å². The minimum atomic E-state index is -4.06. The Balaban J connectivity index is 3.78. The number of halogens is 3. The van der Waals surface area contributed by atoms with Gasteiger partial charge < -0.3 is 4.74 Å². The lowest BCUT2D eigenvalue weighted by atomic mass is 10.1. The lowest BCUT2D eigenvalue weighted by Crippen LogP contribution is -2.21. The smallest absolute Gasteiger partial charge is 0.389 e. The van der Waals surface area contributed by atoms with Crippen molar-refractivity contribution in [3.8, 4) is 0 Å². The molecule has 114 valence electrons. The third kappa shape index (κ3) is 11.2. The van der Waals surface area contributed by atoms with Gasteiger partial charge in [0.2, 0.25) is 0 Å². The van der Waals surface area contributed by atoms with E-state index in [0.717, 1.165) is 6.42 Å². The fourth-order valence-corrected chi connectivity index (χ4v) is 3.03. The number of hydrogen-bond donors (Lipinski definition) is 0. The Morgan fingerprint density at radius 2 is 1.84 bits per heavy atom. The van der Waals surface area contributed by atoms with E-state index in [0.29, 0.717) is 24.5 Å². The maximum Gasteiger partial charge on any atom is 0.389 e. The third-order valence-corrected chi connectivity index (χ3v) is 3.88. The monoisotopic (exact) mass is 300 g/mol. The van der Waals surface area contributed by atoms with Crippen molar-refractivity contribution < 1.29 is 22.7 Å². The van der Waals surface area contributed by atoms with Crippen LogP contribution in [0.3, 0.4) is 0 Å². The van der Waals surface area contributed by atoms with Crippen molar-refractivity contribution in [3.05, 3.63) is 0 Å². The summed E-state index contributed by atoms with van der Waals surface area (Å²) in [5.74, 6) is 0.848. The van der Waals surface area contributed by atoms with Crippen LogP contribution in [0.2, 0.25) is 0 Å². The van der Waals surface area contributed by atoms with Gasteiger partial charge in [0.05, 0.1) is 7.11 Å². The summed E-state index contributed by atoms with van der Waals surface area (Å²) in [6.07, 6.45) is -2.63. The number of methoxy groups -OCH3 is 1. The molecular weight excluding hydrogens is 277 g/mol. The highest BCUT2D eigenvalue weighted by molar-refractivity contribution is 8.00. The van der Waals surface area contributed by atoms with Gasteiger partial charge in [-0.3, -0.25) is 4.79 Å². The number of carbonyl (C=O) groups excluding carboxylic acids is 1. The molecule has 0 bridgehead atoms. The molecule has 0 aliphatic carbocycles. The maximum absolute atomic E-state index is 11.9. The number of alkyl halides is 3. The van der Waals surface area contributed by atoms with E-state index >= 15 is 0 Å². The highest BCUT2D eigenvalue weighted by Crippen LogP contribution is 2.25. The molecule has 0 saturated carbocycles. The van der Waals surface area contributed by atoms with Crippen molar-refractivity contribution >= 4 is 17.7 Å². The first-order chi connectivity index (χ1) is 8.76. The molecule has 0 N–H and O–H groups in total. The molecule has 0 fully saturated rings. The standard InChI is InChI=1S/C13H23F3O2S/c1-10(2)9-11(12(17)18-3)19-8-6-4-5-7-13(14,15)16/h10-11H,4-9H2,1-3H3. The number of unbranched alkanes of at least 4 members (excludes halogenated alkanes) is 2. The van der Waals surface area contributed by atoms with E-state index in [4.69, 9.17) is 4.74 Å². The molecule has 19 heavy (non-hydrogen) atoms. The summed E-state index contributed by atoms with van der Waals surface area (Å²) in [6.45, 7) is 4.06. The summed E-state index contributed by atoms with van der Waals surface area (Å²) in [6, 6.07) is 0. The molecule has 0 aromatic carbocycles. The van der Waals surface area contributed by atoms with Crippen LogP contribution in [0.15, 0.2) is 0 Å². The van der Waals surface area contributed by atoms with E-state index in [1.165, 1.54) is 18.9 Å². The largest absolute Gasteiger partial charge is 0.468 e. The normalized spacial score (nSPS) is 13.6. The van der Waals surface area contributed by atoms with Crippen LogP contribution < -0.4 is 0 Å². The Labute approximate surface area is 117 Å². The van der Waals surface area contributed by atoms with Crippen molar-refractivity contribution in [1.82, 2.24) is 0 Å². The van der Waals surface area contributed by atoms with Crippen LogP contribution in [0.4, 0.5) is 13.2 Å². The van der Waals surface area contributed by atoms with E-state index < -0.39 is 12.6 Å². The Kier molecular flexibility index (Phi) is 9.31. The number of rotatable bonds is 9. The number of esters is 1. The molecule has 0 aliphatic heterocycles. The van der Waals surface area contributed by atoms with Crippen LogP contribution in [-0.2, 0) is 9.53 Å². The first kappa shape index (κ1) is 18.6. The Hall–Kier alpha value is -0.390. The topological polar surface area (TPSA) is 26.3 Å². The lowest BCUT2D eigenvalue weighted by Gasteiger charge is -2.16. The second-order valence-electron chi connectivity index (χ2n) is 4.94. The minimum absolute atomic E-state index is 0.164. The van der Waals surface area contributed by atoms with Crippen molar-refractivity contribution in [2.75, 3.05) is 12.9 Å². The van der Waals surface area contributed by atoms with Crippen LogP contribution in [0.25, 0.3) is 0 Å². The average Bonchev–Trinajstić information content (AvgIpc) is 2.29. The average molecular weight is 300 g/mol. The highest BCUT2D eigenvalue weighted by atomic mass is 32.2. The second-order valence-corrected chi connectivity index (χ2v) is 6.25. The molecule has 0 aromatic heterocycles. The van der Waals surface area contributed by atoms with E-state index in [-0.39, 0.29) is 17.6 Å². The molecule has 0 heterocycles. The van der Waals surface area contributed by atoms with Crippen LogP contribution in [0.1, 0.15) is 46.0 Å². The molecule has 2 nitrogen and oxygen atoms in total. The van der Waals surface area contributed by atoms with Gasteiger partial charge >= 0.3 is 12.1 Å². The summed E-state index contributed by atoms with van der Waals surface area (Å²) in [7, 11) is 1.36. The number of hydrogen-bond acceptors (Lipinski definition) is 3. The van der Waals surface area contributed by atoms with Crippen LogP contribution >= 0.6 is 11.8 Å². The second kappa shape index (κ2) is 9.50. The summed E-state index contributed by atoms with van der Waals surface area (Å²) in [5.41, 5.74) is 0. The SMILES string of the molecule is COC(=O)C(CC(C)C)SCCCCCC(F)(F)F. The molecule has 0 rings (SSSR count). The molecule has 0 aliphatic rings. The fourth-order valence-electron chi connectivity index (χ4n) is 1.62. The molecule has 0 radical (unpaired) electrons. The predicted molar refractivity (Wildman–Crippen MR) is 72.2 cm³/mol. The molecule has 0 saturated heterocycles. The van der Waals surface area contributed by atoms with Gasteiger partial charge in [-0.2, -0.15) is 13.2 Å². The Morgan fingerprint density at radius 1 is 1.21 bits per heavy atom. The first-order valence-electron chi connectivity index (χ1n) is 6.52. The molecule has 0 aromatic rings. The molecule has 1 unspecified atom stereocenters. The van der Waals surface area contributed by atoms with Gasteiger partial charge in [-0.1, -0.05) is 20.3 Å². The van der Waals surface area contributed by atoms with Crippen LogP contribution in [0.5, 0.6) is 0 Å². The predicted octanol–water partition coefficient (Wildman–Crippen LogP) is 4.43. The van der Waals surface area contributed by atoms with E-state index in [9.17, 15) is 18.0 Å². The minimum Gasteiger partial charge on any atom is -0.468 e. The van der Waals surface area contributed by atoms with Gasteiger partial charge in [0.25, 0.3) is 0 Å². The fraction of sp³-hybridized carbons (Fsp3) is 0.923. The Morgan fingerprint density at radius 3 is 2.32 bits per heavy atom. The summed E-state index contributed by atoms with van der Waals surface area (Å²) in [4.78, 5) is 11.5. The summed E-state index contributed by atoms with van der Waals surface area (Å²) >= 11 is 1.48. The van der Waals surface area contributed by atoms with Gasteiger partial charge in [-0.25, -0.2) is 0 Å². The number of carbonyl (C=O) groups is 1. The van der Waals surface area contributed by atoms with Crippen LogP contribution in [0, 0.1) is 5.92 Å². The van der Waals surface area contributed by atoms with E-state index in [1.807, 2.05) is 13.8 Å². The van der Waals surface area contributed by atoms with Crippen molar-refractivity contribution in [2.45, 2.75) is 57.4 Å². The van der Waals surface area contributed by atoms with Gasteiger partial charge in [0.1, 0.15) is 5.25 Å². The molecular formula is C13H23F3O2S. The zero-order valence-corrected chi connectivity index (χ0v) is 12.6. The van der Waals surface area contributed by atoms with Gasteiger partial charge in [0.15, 0.2) is 0 Å².